The molecule has 0 fully saturated rings. The molecule has 1 aromatic heterocycles. The Morgan fingerprint density at radius 2 is 1.79 bits per heavy atom. The van der Waals surface area contributed by atoms with Crippen molar-refractivity contribution in [3.8, 4) is 11.3 Å². The van der Waals surface area contributed by atoms with Gasteiger partial charge >= 0.3 is 12.1 Å². The lowest BCUT2D eigenvalue weighted by atomic mass is 10.1. The highest BCUT2D eigenvalue weighted by molar-refractivity contribution is 7.14. The largest absolute Gasteiger partial charge is 0.477 e. The van der Waals surface area contributed by atoms with Crippen molar-refractivity contribution in [2.24, 2.45) is 0 Å². The lowest BCUT2D eigenvalue weighted by molar-refractivity contribution is -0.137. The maximum absolute atomic E-state index is 12.7. The Morgan fingerprint density at radius 1 is 1.21 bits per heavy atom. The summed E-state index contributed by atoms with van der Waals surface area (Å²) in [5, 5.41) is 7.64. The molecule has 0 saturated carbocycles. The smallest absolute Gasteiger partial charge is 0.443 e. The maximum Gasteiger partial charge on any atom is 0.443 e. The topological polar surface area (TPSA) is 50.2 Å². The minimum atomic E-state index is -4.72. The van der Waals surface area contributed by atoms with E-state index >= 15 is 0 Å². The van der Waals surface area contributed by atoms with Crippen molar-refractivity contribution in [3.05, 3.63) is 40.0 Å². The zero-order valence-electron chi connectivity index (χ0n) is 9.03. The number of hydrogen-bond acceptors (Lipinski definition) is 3. The number of hydrogen-bond donors (Lipinski definition) is 1. The van der Waals surface area contributed by atoms with Gasteiger partial charge in [0.2, 0.25) is 0 Å². The predicted octanol–water partition coefficient (Wildman–Crippen LogP) is 3.67. The Morgan fingerprint density at radius 3 is 2.26 bits per heavy atom. The molecule has 0 bridgehead atoms. The SMILES string of the molecule is O=C(O)c1sc(C(F)(F)F)nc1-c1ccc(F)cc1. The van der Waals surface area contributed by atoms with Crippen LogP contribution in [0.4, 0.5) is 17.6 Å². The number of alkyl halides is 3. The summed E-state index contributed by atoms with van der Waals surface area (Å²) in [5.74, 6) is -2.08. The number of nitrogens with zero attached hydrogens (tertiary/aromatic N) is 1. The monoisotopic (exact) mass is 291 g/mol. The minimum absolute atomic E-state index is 0.0442. The Bertz CT molecular complexity index is 619. The highest BCUT2D eigenvalue weighted by Gasteiger charge is 2.37. The van der Waals surface area contributed by atoms with Crippen LogP contribution in [0.25, 0.3) is 11.3 Å². The van der Waals surface area contributed by atoms with Crippen molar-refractivity contribution in [2.75, 3.05) is 0 Å². The number of thiazole rings is 1. The van der Waals surface area contributed by atoms with E-state index in [0.717, 1.165) is 12.1 Å². The summed E-state index contributed by atoms with van der Waals surface area (Å²) < 4.78 is 50.3. The molecule has 19 heavy (non-hydrogen) atoms. The fourth-order valence-corrected chi connectivity index (χ4v) is 2.18. The van der Waals surface area contributed by atoms with Gasteiger partial charge in [-0.3, -0.25) is 0 Å². The summed E-state index contributed by atoms with van der Waals surface area (Å²) in [7, 11) is 0. The molecule has 0 radical (unpaired) electrons. The Balaban J connectivity index is 2.58. The molecule has 1 heterocycles. The lowest BCUT2D eigenvalue weighted by Gasteiger charge is -2.00. The van der Waals surface area contributed by atoms with Gasteiger partial charge in [0, 0.05) is 5.56 Å². The van der Waals surface area contributed by atoms with E-state index in [4.69, 9.17) is 5.11 Å². The molecule has 0 atom stereocenters. The Hall–Kier alpha value is -1.96. The number of aromatic carboxylic acids is 1. The van der Waals surface area contributed by atoms with Crippen molar-refractivity contribution >= 4 is 17.3 Å². The van der Waals surface area contributed by atoms with Gasteiger partial charge < -0.3 is 5.11 Å². The van der Waals surface area contributed by atoms with Gasteiger partial charge in [-0.25, -0.2) is 14.2 Å². The molecular weight excluding hydrogens is 286 g/mol. The fourth-order valence-electron chi connectivity index (χ4n) is 1.39. The highest BCUT2D eigenvalue weighted by atomic mass is 32.1. The minimum Gasteiger partial charge on any atom is -0.477 e. The van der Waals surface area contributed by atoms with Crippen LogP contribution in [0.5, 0.6) is 0 Å². The van der Waals surface area contributed by atoms with E-state index in [1.54, 1.807) is 0 Å². The maximum atomic E-state index is 12.7. The molecule has 0 aliphatic heterocycles. The van der Waals surface area contributed by atoms with Crippen LogP contribution in [0.15, 0.2) is 24.3 Å². The number of carboxylic acid groups (broad SMARTS) is 1. The second kappa shape index (κ2) is 4.61. The molecule has 0 spiro atoms. The van der Waals surface area contributed by atoms with Crippen molar-refractivity contribution in [1.82, 2.24) is 4.98 Å². The predicted molar refractivity (Wildman–Crippen MR) is 59.5 cm³/mol. The fraction of sp³-hybridized carbons (Fsp3) is 0.0909. The molecule has 0 aliphatic rings. The van der Waals surface area contributed by atoms with Gasteiger partial charge in [-0.05, 0) is 24.3 Å². The van der Waals surface area contributed by atoms with Gasteiger partial charge in [-0.15, -0.1) is 11.3 Å². The summed E-state index contributed by atoms with van der Waals surface area (Å²) in [6, 6.07) is 4.40. The summed E-state index contributed by atoms with van der Waals surface area (Å²) in [6.07, 6.45) is -4.72. The quantitative estimate of drug-likeness (QED) is 0.859. The number of rotatable bonds is 2. The summed E-state index contributed by atoms with van der Waals surface area (Å²) in [5.41, 5.74) is -0.199. The zero-order valence-corrected chi connectivity index (χ0v) is 9.85. The number of carboxylic acids is 1. The first-order chi connectivity index (χ1) is 8.79. The van der Waals surface area contributed by atoms with E-state index in [-0.39, 0.29) is 22.6 Å². The van der Waals surface area contributed by atoms with Gasteiger partial charge in [0.25, 0.3) is 0 Å². The first-order valence-electron chi connectivity index (χ1n) is 4.86. The third-order valence-corrected chi connectivity index (χ3v) is 3.27. The molecule has 0 saturated heterocycles. The van der Waals surface area contributed by atoms with E-state index in [0.29, 0.717) is 0 Å². The molecule has 3 nitrogen and oxygen atoms in total. The van der Waals surface area contributed by atoms with Crippen molar-refractivity contribution in [3.63, 3.8) is 0 Å². The molecule has 2 aromatic rings. The van der Waals surface area contributed by atoms with E-state index in [2.05, 4.69) is 4.98 Å². The highest BCUT2D eigenvalue weighted by Crippen LogP contribution is 2.37. The van der Waals surface area contributed by atoms with Gasteiger partial charge in [0.15, 0.2) is 5.01 Å². The zero-order chi connectivity index (χ0) is 14.2. The van der Waals surface area contributed by atoms with Crippen LogP contribution in [0.3, 0.4) is 0 Å². The second-order valence-electron chi connectivity index (χ2n) is 3.51. The molecule has 0 amide bonds. The van der Waals surface area contributed by atoms with Gasteiger partial charge in [0.05, 0.1) is 5.69 Å². The van der Waals surface area contributed by atoms with Crippen LogP contribution in [0.2, 0.25) is 0 Å². The third kappa shape index (κ3) is 2.73. The molecule has 0 unspecified atom stereocenters. The third-order valence-electron chi connectivity index (χ3n) is 2.18. The van der Waals surface area contributed by atoms with Crippen molar-refractivity contribution in [1.29, 1.82) is 0 Å². The summed E-state index contributed by atoms with van der Waals surface area (Å²) >= 11 is 0.0442. The van der Waals surface area contributed by atoms with Gasteiger partial charge in [-0.1, -0.05) is 0 Å². The molecule has 1 aromatic carbocycles. The number of halogens is 4. The number of carbonyl (C=O) groups is 1. The Labute approximate surface area is 108 Å². The second-order valence-corrected chi connectivity index (χ2v) is 4.51. The van der Waals surface area contributed by atoms with Crippen LogP contribution in [0.1, 0.15) is 14.7 Å². The van der Waals surface area contributed by atoms with Crippen LogP contribution in [0, 0.1) is 5.82 Å². The first-order valence-corrected chi connectivity index (χ1v) is 5.68. The van der Waals surface area contributed by atoms with E-state index < -0.39 is 27.8 Å². The van der Waals surface area contributed by atoms with Crippen molar-refractivity contribution in [2.45, 2.75) is 6.18 Å². The van der Waals surface area contributed by atoms with E-state index in [9.17, 15) is 22.4 Å². The Kier molecular flexibility index (Phi) is 3.27. The standard InChI is InChI=1S/C11H5F4NO2S/c12-6-3-1-5(2-4-6)7-8(9(17)18)19-10(16-7)11(13,14)15/h1-4H,(H,17,18). The molecule has 2 rings (SSSR count). The van der Waals surface area contributed by atoms with Gasteiger partial charge in [-0.2, -0.15) is 13.2 Å². The van der Waals surface area contributed by atoms with E-state index in [1.165, 1.54) is 12.1 Å². The normalized spacial score (nSPS) is 11.6. The average Bonchev–Trinajstić information content (AvgIpc) is 2.74. The molecule has 0 aliphatic carbocycles. The lowest BCUT2D eigenvalue weighted by Crippen LogP contribution is -2.03. The summed E-state index contributed by atoms with van der Waals surface area (Å²) in [4.78, 5) is 13.7. The van der Waals surface area contributed by atoms with Crippen LogP contribution >= 0.6 is 11.3 Å². The summed E-state index contributed by atoms with van der Waals surface area (Å²) in [6.45, 7) is 0. The molecular formula is C11H5F4NO2S. The van der Waals surface area contributed by atoms with Gasteiger partial charge in [0.1, 0.15) is 10.7 Å². The molecule has 8 heteroatoms. The van der Waals surface area contributed by atoms with E-state index in [1.807, 2.05) is 0 Å². The van der Waals surface area contributed by atoms with Crippen LogP contribution in [-0.2, 0) is 6.18 Å². The first kappa shape index (κ1) is 13.5. The number of benzene rings is 1. The number of aromatic nitrogens is 1. The average molecular weight is 291 g/mol. The van der Waals surface area contributed by atoms with Crippen molar-refractivity contribution < 1.29 is 27.5 Å². The molecule has 100 valence electrons. The van der Waals surface area contributed by atoms with Crippen LogP contribution in [-0.4, -0.2) is 16.1 Å². The molecule has 1 N–H and O–H groups in total. The van der Waals surface area contributed by atoms with Crippen LogP contribution < -0.4 is 0 Å².